The van der Waals surface area contributed by atoms with Crippen molar-refractivity contribution in [3.63, 3.8) is 0 Å². The van der Waals surface area contributed by atoms with Crippen LogP contribution >= 0.6 is 0 Å². The lowest BCUT2D eigenvalue weighted by Crippen LogP contribution is -2.51. The molecule has 29 heavy (non-hydrogen) atoms. The van der Waals surface area contributed by atoms with Crippen LogP contribution in [0.4, 0.5) is 0 Å². The Balaban J connectivity index is 1.80. The third-order valence-corrected chi connectivity index (χ3v) is 6.40. The van der Waals surface area contributed by atoms with Gasteiger partial charge in [-0.3, -0.25) is 14.5 Å². The predicted molar refractivity (Wildman–Crippen MR) is 109 cm³/mol. The lowest BCUT2D eigenvalue weighted by Gasteiger charge is -2.33. The fraction of sp³-hybridized carbons (Fsp3) is 0.579. The van der Waals surface area contributed by atoms with Gasteiger partial charge in [0.15, 0.2) is 0 Å². The molecule has 1 aliphatic heterocycles. The fourth-order valence-corrected chi connectivity index (χ4v) is 4.34. The Hall–Kier alpha value is -2.17. The van der Waals surface area contributed by atoms with E-state index in [9.17, 15) is 18.0 Å². The highest BCUT2D eigenvalue weighted by atomic mass is 32.2. The SMILES string of the molecule is CCCNC(=O)CNC(=O)CN1CCN(S(=O)(=O)c2ccc(OCC)cc2)CC1. The van der Waals surface area contributed by atoms with Crippen LogP contribution in [0.3, 0.4) is 0 Å². The zero-order valence-corrected chi connectivity index (χ0v) is 17.8. The summed E-state index contributed by atoms with van der Waals surface area (Å²) in [4.78, 5) is 25.6. The summed E-state index contributed by atoms with van der Waals surface area (Å²) in [5.74, 6) is 0.164. The molecule has 2 amide bonds. The zero-order chi connectivity index (χ0) is 21.3. The number of nitrogens with zero attached hydrogens (tertiary/aromatic N) is 2. The smallest absolute Gasteiger partial charge is 0.243 e. The minimum atomic E-state index is -3.58. The van der Waals surface area contributed by atoms with Crippen LogP contribution in [0.1, 0.15) is 20.3 Å². The standard InChI is InChI=1S/C19H30N4O5S/c1-3-9-20-18(24)14-21-19(25)15-22-10-12-23(13-11-22)29(26,27)17-7-5-16(6-8-17)28-4-2/h5-8H,3-4,9-15H2,1-2H3,(H,20,24)(H,21,25). The largest absolute Gasteiger partial charge is 0.494 e. The summed E-state index contributed by atoms with van der Waals surface area (Å²) in [6, 6.07) is 6.38. The van der Waals surface area contributed by atoms with Crippen LogP contribution in [0.5, 0.6) is 5.75 Å². The highest BCUT2D eigenvalue weighted by Crippen LogP contribution is 2.20. The van der Waals surface area contributed by atoms with E-state index in [2.05, 4.69) is 10.6 Å². The molecule has 0 spiro atoms. The normalized spacial score (nSPS) is 15.7. The average molecular weight is 427 g/mol. The van der Waals surface area contributed by atoms with Crippen molar-refractivity contribution in [3.05, 3.63) is 24.3 Å². The Morgan fingerprint density at radius 2 is 1.66 bits per heavy atom. The highest BCUT2D eigenvalue weighted by molar-refractivity contribution is 7.89. The van der Waals surface area contributed by atoms with Gasteiger partial charge >= 0.3 is 0 Å². The Morgan fingerprint density at radius 1 is 1.00 bits per heavy atom. The van der Waals surface area contributed by atoms with Gasteiger partial charge in [-0.25, -0.2) is 8.42 Å². The number of sulfonamides is 1. The monoisotopic (exact) mass is 426 g/mol. The molecule has 0 aromatic heterocycles. The van der Waals surface area contributed by atoms with Crippen LogP contribution in [0.15, 0.2) is 29.2 Å². The van der Waals surface area contributed by atoms with Crippen molar-refractivity contribution in [2.24, 2.45) is 0 Å². The fourth-order valence-electron chi connectivity index (χ4n) is 2.92. The van der Waals surface area contributed by atoms with Gasteiger partial charge in [-0.15, -0.1) is 0 Å². The summed E-state index contributed by atoms with van der Waals surface area (Å²) in [5, 5.41) is 5.28. The van der Waals surface area contributed by atoms with E-state index in [1.54, 1.807) is 24.3 Å². The summed E-state index contributed by atoms with van der Waals surface area (Å²) >= 11 is 0. The zero-order valence-electron chi connectivity index (χ0n) is 17.0. The first-order valence-electron chi connectivity index (χ1n) is 9.85. The molecule has 1 heterocycles. The number of benzene rings is 1. The predicted octanol–water partition coefficient (Wildman–Crippen LogP) is 0.0340. The number of piperazine rings is 1. The van der Waals surface area contributed by atoms with E-state index >= 15 is 0 Å². The molecule has 1 saturated heterocycles. The van der Waals surface area contributed by atoms with Crippen molar-refractivity contribution >= 4 is 21.8 Å². The number of rotatable bonds is 10. The molecule has 1 aromatic carbocycles. The van der Waals surface area contributed by atoms with Crippen LogP contribution in [0.2, 0.25) is 0 Å². The van der Waals surface area contributed by atoms with Crippen molar-refractivity contribution in [3.8, 4) is 5.75 Å². The first-order valence-corrected chi connectivity index (χ1v) is 11.3. The van der Waals surface area contributed by atoms with Crippen molar-refractivity contribution < 1.29 is 22.7 Å². The summed E-state index contributed by atoms with van der Waals surface area (Å²) < 4.78 is 32.4. The van der Waals surface area contributed by atoms with Crippen molar-refractivity contribution in [2.75, 3.05) is 52.4 Å². The molecule has 1 aliphatic rings. The minimum Gasteiger partial charge on any atom is -0.494 e. The quantitative estimate of drug-likeness (QED) is 0.547. The van der Waals surface area contributed by atoms with Gasteiger partial charge in [-0.2, -0.15) is 4.31 Å². The maximum absolute atomic E-state index is 12.8. The highest BCUT2D eigenvalue weighted by Gasteiger charge is 2.29. The Bertz CT molecular complexity index is 774. The molecule has 0 unspecified atom stereocenters. The second-order valence-electron chi connectivity index (χ2n) is 6.71. The van der Waals surface area contributed by atoms with Gasteiger partial charge in [-0.1, -0.05) is 6.92 Å². The summed E-state index contributed by atoms with van der Waals surface area (Å²) in [6.45, 7) is 6.52. The van der Waals surface area contributed by atoms with E-state index in [4.69, 9.17) is 4.74 Å². The number of ether oxygens (including phenoxy) is 1. The maximum atomic E-state index is 12.8. The van der Waals surface area contributed by atoms with Gasteiger partial charge in [0.1, 0.15) is 5.75 Å². The van der Waals surface area contributed by atoms with Gasteiger partial charge in [0.05, 0.1) is 24.6 Å². The van der Waals surface area contributed by atoms with Gasteiger partial charge in [0.25, 0.3) is 0 Å². The molecule has 0 atom stereocenters. The third-order valence-electron chi connectivity index (χ3n) is 4.49. The molecule has 1 aromatic rings. The van der Waals surface area contributed by atoms with Gasteiger partial charge < -0.3 is 15.4 Å². The second-order valence-corrected chi connectivity index (χ2v) is 8.65. The third kappa shape index (κ3) is 6.98. The van der Waals surface area contributed by atoms with Gasteiger partial charge in [-0.05, 0) is 37.6 Å². The summed E-state index contributed by atoms with van der Waals surface area (Å²) in [6.07, 6.45) is 0.837. The Kier molecular flexibility index (Phi) is 8.87. The molecule has 162 valence electrons. The first-order chi connectivity index (χ1) is 13.9. The second kappa shape index (κ2) is 11.1. The van der Waals surface area contributed by atoms with E-state index < -0.39 is 10.0 Å². The number of hydrogen-bond donors (Lipinski definition) is 2. The number of nitrogens with one attached hydrogen (secondary N) is 2. The Morgan fingerprint density at radius 3 is 2.24 bits per heavy atom. The molecule has 10 heteroatoms. The maximum Gasteiger partial charge on any atom is 0.243 e. The molecule has 1 fully saturated rings. The van der Waals surface area contributed by atoms with E-state index in [0.29, 0.717) is 45.1 Å². The number of carbonyl (C=O) groups is 2. The molecule has 2 rings (SSSR count). The van der Waals surface area contributed by atoms with Crippen LogP contribution in [-0.2, 0) is 19.6 Å². The molecule has 0 saturated carbocycles. The summed E-state index contributed by atoms with van der Waals surface area (Å²) in [5.41, 5.74) is 0. The molecule has 0 bridgehead atoms. The first kappa shape index (κ1) is 23.1. The number of amides is 2. The van der Waals surface area contributed by atoms with E-state index in [1.165, 1.54) is 4.31 Å². The molecule has 9 nitrogen and oxygen atoms in total. The molecular weight excluding hydrogens is 396 g/mol. The average Bonchev–Trinajstić information content (AvgIpc) is 2.72. The van der Waals surface area contributed by atoms with Crippen molar-refractivity contribution in [1.82, 2.24) is 19.8 Å². The Labute approximate surface area is 172 Å². The molecular formula is C19H30N4O5S. The van der Waals surface area contributed by atoms with Crippen LogP contribution in [0, 0.1) is 0 Å². The number of hydrogen-bond acceptors (Lipinski definition) is 6. The van der Waals surface area contributed by atoms with Crippen molar-refractivity contribution in [1.29, 1.82) is 0 Å². The van der Waals surface area contributed by atoms with Crippen LogP contribution in [-0.4, -0.2) is 81.9 Å². The van der Waals surface area contributed by atoms with E-state index in [1.807, 2.05) is 18.7 Å². The molecule has 0 aliphatic carbocycles. The topological polar surface area (TPSA) is 108 Å². The lowest BCUT2D eigenvalue weighted by atomic mass is 10.3. The van der Waals surface area contributed by atoms with E-state index in [-0.39, 0.29) is 29.8 Å². The number of carbonyl (C=O) groups excluding carboxylic acids is 2. The van der Waals surface area contributed by atoms with E-state index in [0.717, 1.165) is 6.42 Å². The van der Waals surface area contributed by atoms with Gasteiger partial charge in [0.2, 0.25) is 21.8 Å². The molecule has 0 radical (unpaired) electrons. The van der Waals surface area contributed by atoms with Crippen molar-refractivity contribution in [2.45, 2.75) is 25.2 Å². The minimum absolute atomic E-state index is 0.0507. The summed E-state index contributed by atoms with van der Waals surface area (Å²) in [7, 11) is -3.58. The van der Waals surface area contributed by atoms with Crippen LogP contribution in [0.25, 0.3) is 0 Å². The van der Waals surface area contributed by atoms with Gasteiger partial charge in [0, 0.05) is 32.7 Å². The van der Waals surface area contributed by atoms with Crippen LogP contribution < -0.4 is 15.4 Å². The lowest BCUT2D eigenvalue weighted by molar-refractivity contribution is -0.126. The molecule has 2 N–H and O–H groups in total.